The van der Waals surface area contributed by atoms with Crippen LogP contribution in [0, 0.1) is 19.7 Å². The molecule has 0 bridgehead atoms. The number of carbonyl (C=O) groups is 1. The molecule has 2 aromatic carbocycles. The van der Waals surface area contributed by atoms with Gasteiger partial charge in [-0.25, -0.2) is 4.39 Å². The standard InChI is InChI=1S/C17H19FN2O/c1-10-4-5-13(9-16(10)18)12(3)20-17(21)15-7-6-14(19)8-11(15)2/h4-9,12H,19H2,1-3H3,(H,20,21). The van der Waals surface area contributed by atoms with Crippen molar-refractivity contribution in [3.05, 3.63) is 64.5 Å². The second-order valence-electron chi connectivity index (χ2n) is 5.28. The highest BCUT2D eigenvalue weighted by Gasteiger charge is 2.14. The van der Waals surface area contributed by atoms with Gasteiger partial charge in [0.1, 0.15) is 5.82 Å². The first-order chi connectivity index (χ1) is 9.88. The number of carbonyl (C=O) groups excluding carboxylic acids is 1. The lowest BCUT2D eigenvalue weighted by molar-refractivity contribution is 0.0939. The molecule has 0 saturated carbocycles. The van der Waals surface area contributed by atoms with Gasteiger partial charge in [-0.15, -0.1) is 0 Å². The van der Waals surface area contributed by atoms with E-state index in [4.69, 9.17) is 5.73 Å². The van der Waals surface area contributed by atoms with Gasteiger partial charge in [-0.2, -0.15) is 0 Å². The second kappa shape index (κ2) is 5.95. The number of rotatable bonds is 3. The van der Waals surface area contributed by atoms with E-state index in [1.807, 2.05) is 19.9 Å². The number of halogens is 1. The fourth-order valence-corrected chi connectivity index (χ4v) is 2.18. The summed E-state index contributed by atoms with van der Waals surface area (Å²) in [4.78, 5) is 12.3. The Morgan fingerprint density at radius 2 is 1.86 bits per heavy atom. The first kappa shape index (κ1) is 15.0. The van der Waals surface area contributed by atoms with Gasteiger partial charge in [-0.3, -0.25) is 4.79 Å². The van der Waals surface area contributed by atoms with E-state index in [0.717, 1.165) is 11.1 Å². The third-order valence-electron chi connectivity index (χ3n) is 3.54. The molecule has 0 aromatic heterocycles. The van der Waals surface area contributed by atoms with E-state index < -0.39 is 0 Å². The highest BCUT2D eigenvalue weighted by atomic mass is 19.1. The van der Waals surface area contributed by atoms with Crippen molar-refractivity contribution < 1.29 is 9.18 Å². The third kappa shape index (κ3) is 3.40. The maximum absolute atomic E-state index is 13.6. The Morgan fingerprint density at radius 3 is 2.48 bits per heavy atom. The minimum atomic E-state index is -0.274. The van der Waals surface area contributed by atoms with E-state index >= 15 is 0 Å². The molecule has 3 nitrogen and oxygen atoms in total. The van der Waals surface area contributed by atoms with Gasteiger partial charge in [0.2, 0.25) is 0 Å². The summed E-state index contributed by atoms with van der Waals surface area (Å²) in [6.45, 7) is 5.37. The van der Waals surface area contributed by atoms with Gasteiger partial charge in [0.05, 0.1) is 6.04 Å². The number of hydrogen-bond acceptors (Lipinski definition) is 2. The Morgan fingerprint density at radius 1 is 1.14 bits per heavy atom. The lowest BCUT2D eigenvalue weighted by Crippen LogP contribution is -2.27. The summed E-state index contributed by atoms with van der Waals surface area (Å²) in [7, 11) is 0. The average molecular weight is 286 g/mol. The van der Waals surface area contributed by atoms with Crippen molar-refractivity contribution in [2.75, 3.05) is 5.73 Å². The summed E-state index contributed by atoms with van der Waals surface area (Å²) in [5.41, 5.74) is 9.01. The first-order valence-electron chi connectivity index (χ1n) is 6.81. The summed E-state index contributed by atoms with van der Waals surface area (Å²) in [6, 6.07) is 9.85. The minimum Gasteiger partial charge on any atom is -0.399 e. The van der Waals surface area contributed by atoms with Crippen LogP contribution in [0.25, 0.3) is 0 Å². The molecule has 1 amide bonds. The van der Waals surface area contributed by atoms with Gasteiger partial charge >= 0.3 is 0 Å². The van der Waals surface area contributed by atoms with Gasteiger partial charge in [-0.1, -0.05) is 12.1 Å². The van der Waals surface area contributed by atoms with E-state index in [1.165, 1.54) is 6.07 Å². The van der Waals surface area contributed by atoms with Crippen molar-refractivity contribution in [2.24, 2.45) is 0 Å². The number of nitrogen functional groups attached to an aromatic ring is 1. The molecule has 0 radical (unpaired) electrons. The number of nitrogens with one attached hydrogen (secondary N) is 1. The highest BCUT2D eigenvalue weighted by Crippen LogP contribution is 2.18. The maximum atomic E-state index is 13.6. The van der Waals surface area contributed by atoms with Crippen LogP contribution in [0.3, 0.4) is 0 Å². The summed E-state index contributed by atoms with van der Waals surface area (Å²) in [6.07, 6.45) is 0. The normalized spacial score (nSPS) is 12.0. The molecular weight excluding hydrogens is 267 g/mol. The predicted octanol–water partition coefficient (Wildman–Crippen LogP) is 3.52. The van der Waals surface area contributed by atoms with Gasteiger partial charge in [0.25, 0.3) is 5.91 Å². The molecule has 110 valence electrons. The van der Waals surface area contributed by atoms with Crippen molar-refractivity contribution in [2.45, 2.75) is 26.8 Å². The Bertz CT molecular complexity index is 682. The molecule has 1 atom stereocenters. The van der Waals surface area contributed by atoms with Crippen LogP contribution in [0.2, 0.25) is 0 Å². The van der Waals surface area contributed by atoms with E-state index in [9.17, 15) is 9.18 Å². The predicted molar refractivity (Wildman–Crippen MR) is 82.6 cm³/mol. The Labute approximate surface area is 124 Å². The summed E-state index contributed by atoms with van der Waals surface area (Å²) >= 11 is 0. The molecule has 21 heavy (non-hydrogen) atoms. The minimum absolute atomic E-state index is 0.194. The lowest BCUT2D eigenvalue weighted by atomic mass is 10.0. The molecule has 0 aliphatic rings. The van der Waals surface area contributed by atoms with E-state index in [1.54, 1.807) is 31.2 Å². The number of amides is 1. The summed E-state index contributed by atoms with van der Waals surface area (Å²) in [5.74, 6) is -0.460. The summed E-state index contributed by atoms with van der Waals surface area (Å²) in [5, 5.41) is 2.87. The number of nitrogens with two attached hydrogens (primary N) is 1. The molecule has 4 heteroatoms. The molecular formula is C17H19FN2O. The van der Waals surface area contributed by atoms with Crippen LogP contribution in [-0.2, 0) is 0 Å². The van der Waals surface area contributed by atoms with E-state index in [2.05, 4.69) is 5.32 Å². The van der Waals surface area contributed by atoms with Crippen molar-refractivity contribution in [3.63, 3.8) is 0 Å². The molecule has 0 spiro atoms. The quantitative estimate of drug-likeness (QED) is 0.848. The van der Waals surface area contributed by atoms with Crippen LogP contribution in [0.5, 0.6) is 0 Å². The second-order valence-corrected chi connectivity index (χ2v) is 5.28. The van der Waals surface area contributed by atoms with Crippen molar-refractivity contribution in [3.8, 4) is 0 Å². The number of aryl methyl sites for hydroxylation is 2. The average Bonchev–Trinajstić information content (AvgIpc) is 2.41. The van der Waals surface area contributed by atoms with Gasteiger partial charge in [0, 0.05) is 11.3 Å². The number of anilines is 1. The molecule has 2 aromatic rings. The fourth-order valence-electron chi connectivity index (χ4n) is 2.18. The van der Waals surface area contributed by atoms with Gasteiger partial charge < -0.3 is 11.1 Å². The Kier molecular flexibility index (Phi) is 4.26. The zero-order valence-corrected chi connectivity index (χ0v) is 12.4. The monoisotopic (exact) mass is 286 g/mol. The van der Waals surface area contributed by atoms with Gasteiger partial charge in [-0.05, 0) is 61.7 Å². The van der Waals surface area contributed by atoms with Crippen molar-refractivity contribution in [1.29, 1.82) is 0 Å². The maximum Gasteiger partial charge on any atom is 0.252 e. The van der Waals surface area contributed by atoms with Crippen LogP contribution in [0.15, 0.2) is 36.4 Å². The topological polar surface area (TPSA) is 55.1 Å². The largest absolute Gasteiger partial charge is 0.399 e. The number of benzene rings is 2. The number of hydrogen-bond donors (Lipinski definition) is 2. The molecule has 3 N–H and O–H groups in total. The summed E-state index contributed by atoms with van der Waals surface area (Å²) < 4.78 is 13.6. The van der Waals surface area contributed by atoms with E-state index in [-0.39, 0.29) is 17.8 Å². The molecule has 0 saturated heterocycles. The van der Waals surface area contributed by atoms with Crippen molar-refractivity contribution in [1.82, 2.24) is 5.32 Å². The molecule has 0 aliphatic carbocycles. The Hall–Kier alpha value is -2.36. The smallest absolute Gasteiger partial charge is 0.252 e. The van der Waals surface area contributed by atoms with Crippen molar-refractivity contribution >= 4 is 11.6 Å². The Balaban J connectivity index is 2.16. The molecule has 1 unspecified atom stereocenters. The zero-order valence-electron chi connectivity index (χ0n) is 12.4. The highest BCUT2D eigenvalue weighted by molar-refractivity contribution is 5.96. The molecule has 2 rings (SSSR count). The van der Waals surface area contributed by atoms with Crippen LogP contribution in [0.1, 0.15) is 40.0 Å². The van der Waals surface area contributed by atoms with E-state index in [0.29, 0.717) is 16.8 Å². The van der Waals surface area contributed by atoms with Crippen LogP contribution < -0.4 is 11.1 Å². The molecule has 0 aliphatic heterocycles. The molecule has 0 fully saturated rings. The zero-order chi connectivity index (χ0) is 15.6. The van der Waals surface area contributed by atoms with Crippen LogP contribution >= 0.6 is 0 Å². The molecule has 0 heterocycles. The fraction of sp³-hybridized carbons (Fsp3) is 0.235. The first-order valence-corrected chi connectivity index (χ1v) is 6.81. The van der Waals surface area contributed by atoms with Gasteiger partial charge in [0.15, 0.2) is 0 Å². The lowest BCUT2D eigenvalue weighted by Gasteiger charge is -2.16. The third-order valence-corrected chi connectivity index (χ3v) is 3.54. The SMILES string of the molecule is Cc1ccc(C(C)NC(=O)c2ccc(N)cc2C)cc1F. The van der Waals surface area contributed by atoms with Crippen LogP contribution in [0.4, 0.5) is 10.1 Å². The van der Waals surface area contributed by atoms with Crippen LogP contribution in [-0.4, -0.2) is 5.91 Å².